The van der Waals surface area contributed by atoms with Crippen molar-refractivity contribution in [2.75, 3.05) is 13.2 Å². The van der Waals surface area contributed by atoms with E-state index in [0.717, 1.165) is 16.5 Å². The standard InChI is InChI=1S/C22H24N2O5/c1-5-27-16-6-7-19-18(11-16)15(4)21(29-19)22(26)24-23-20(25)12-28-17-9-13(2)8-14(3)10-17/h6-11H,5,12H2,1-4H3,(H,23,25)(H,24,26). The average molecular weight is 396 g/mol. The van der Waals surface area contributed by atoms with E-state index in [2.05, 4.69) is 10.9 Å². The molecule has 0 aliphatic rings. The zero-order valence-electron chi connectivity index (χ0n) is 16.9. The third-order valence-electron chi connectivity index (χ3n) is 4.31. The highest BCUT2D eigenvalue weighted by molar-refractivity contribution is 5.99. The number of carbonyl (C=O) groups excluding carboxylic acids is 2. The number of aryl methyl sites for hydroxylation is 3. The van der Waals surface area contributed by atoms with Gasteiger partial charge in [-0.3, -0.25) is 20.4 Å². The molecule has 0 aliphatic heterocycles. The molecule has 2 amide bonds. The van der Waals surface area contributed by atoms with E-state index in [1.54, 1.807) is 19.1 Å². The molecule has 7 nitrogen and oxygen atoms in total. The molecule has 0 fully saturated rings. The van der Waals surface area contributed by atoms with Crippen molar-refractivity contribution >= 4 is 22.8 Å². The summed E-state index contributed by atoms with van der Waals surface area (Å²) in [6, 6.07) is 11.0. The van der Waals surface area contributed by atoms with Crippen LogP contribution in [0.4, 0.5) is 0 Å². The van der Waals surface area contributed by atoms with Gasteiger partial charge in [0.25, 0.3) is 5.91 Å². The first-order valence-corrected chi connectivity index (χ1v) is 9.33. The van der Waals surface area contributed by atoms with E-state index in [0.29, 0.717) is 29.3 Å². The molecule has 29 heavy (non-hydrogen) atoms. The van der Waals surface area contributed by atoms with Crippen LogP contribution in [0, 0.1) is 20.8 Å². The predicted octanol–water partition coefficient (Wildman–Crippen LogP) is 3.60. The Morgan fingerprint density at radius 1 is 0.931 bits per heavy atom. The first kappa shape index (κ1) is 20.3. The second-order valence-electron chi connectivity index (χ2n) is 6.76. The van der Waals surface area contributed by atoms with Gasteiger partial charge in [0, 0.05) is 10.9 Å². The van der Waals surface area contributed by atoms with Crippen molar-refractivity contribution in [3.8, 4) is 11.5 Å². The number of nitrogens with one attached hydrogen (secondary N) is 2. The van der Waals surface area contributed by atoms with Crippen molar-refractivity contribution in [1.82, 2.24) is 10.9 Å². The quantitative estimate of drug-likeness (QED) is 0.622. The van der Waals surface area contributed by atoms with Gasteiger partial charge in [-0.2, -0.15) is 0 Å². The first-order valence-electron chi connectivity index (χ1n) is 9.33. The molecule has 0 saturated carbocycles. The molecule has 0 saturated heterocycles. The maximum Gasteiger partial charge on any atom is 0.305 e. The summed E-state index contributed by atoms with van der Waals surface area (Å²) >= 11 is 0. The Morgan fingerprint density at radius 2 is 1.66 bits per heavy atom. The lowest BCUT2D eigenvalue weighted by Crippen LogP contribution is -2.43. The van der Waals surface area contributed by atoms with Crippen LogP contribution >= 0.6 is 0 Å². The van der Waals surface area contributed by atoms with E-state index in [-0.39, 0.29) is 12.4 Å². The summed E-state index contributed by atoms with van der Waals surface area (Å²) in [6.45, 7) is 7.91. The Labute approximate surface area is 169 Å². The Bertz CT molecular complexity index is 1030. The van der Waals surface area contributed by atoms with Gasteiger partial charge < -0.3 is 13.9 Å². The number of carbonyl (C=O) groups is 2. The van der Waals surface area contributed by atoms with Crippen LogP contribution in [0.5, 0.6) is 11.5 Å². The van der Waals surface area contributed by atoms with Crippen molar-refractivity contribution in [1.29, 1.82) is 0 Å². The lowest BCUT2D eigenvalue weighted by atomic mass is 10.1. The highest BCUT2D eigenvalue weighted by atomic mass is 16.5. The van der Waals surface area contributed by atoms with E-state index in [1.807, 2.05) is 45.0 Å². The number of rotatable bonds is 6. The molecule has 0 aliphatic carbocycles. The molecule has 1 heterocycles. The third kappa shape index (κ3) is 4.87. The smallest absolute Gasteiger partial charge is 0.305 e. The van der Waals surface area contributed by atoms with Crippen molar-refractivity contribution in [3.63, 3.8) is 0 Å². The van der Waals surface area contributed by atoms with Gasteiger partial charge in [-0.05, 0) is 69.2 Å². The van der Waals surface area contributed by atoms with Crippen LogP contribution < -0.4 is 20.3 Å². The molecular formula is C22H24N2O5. The van der Waals surface area contributed by atoms with Crippen molar-refractivity contribution in [2.24, 2.45) is 0 Å². The number of hydrogen-bond acceptors (Lipinski definition) is 5. The summed E-state index contributed by atoms with van der Waals surface area (Å²) in [4.78, 5) is 24.4. The molecule has 7 heteroatoms. The minimum absolute atomic E-state index is 0.129. The average Bonchev–Trinajstić information content (AvgIpc) is 3.00. The number of hydrazine groups is 1. The molecule has 1 aromatic heterocycles. The van der Waals surface area contributed by atoms with Crippen LogP contribution in [0.25, 0.3) is 11.0 Å². The normalized spacial score (nSPS) is 10.6. The lowest BCUT2D eigenvalue weighted by Gasteiger charge is -2.09. The zero-order chi connectivity index (χ0) is 21.0. The number of benzene rings is 2. The number of hydrogen-bond donors (Lipinski definition) is 2. The third-order valence-corrected chi connectivity index (χ3v) is 4.31. The fourth-order valence-corrected chi connectivity index (χ4v) is 3.06. The summed E-state index contributed by atoms with van der Waals surface area (Å²) < 4.78 is 16.6. The largest absolute Gasteiger partial charge is 0.494 e. The maximum absolute atomic E-state index is 12.4. The van der Waals surface area contributed by atoms with Crippen LogP contribution in [-0.4, -0.2) is 25.0 Å². The molecule has 0 radical (unpaired) electrons. The first-order chi connectivity index (χ1) is 13.9. The van der Waals surface area contributed by atoms with Crippen molar-refractivity contribution in [3.05, 3.63) is 58.8 Å². The second-order valence-corrected chi connectivity index (χ2v) is 6.76. The van der Waals surface area contributed by atoms with Gasteiger partial charge in [0.05, 0.1) is 6.61 Å². The summed E-state index contributed by atoms with van der Waals surface area (Å²) in [5, 5.41) is 0.783. The Hall–Kier alpha value is -3.48. The van der Waals surface area contributed by atoms with Gasteiger partial charge in [-0.1, -0.05) is 6.07 Å². The summed E-state index contributed by atoms with van der Waals surface area (Å²) in [7, 11) is 0. The molecule has 2 N–H and O–H groups in total. The minimum atomic E-state index is -0.545. The molecule has 0 unspecified atom stereocenters. The zero-order valence-corrected chi connectivity index (χ0v) is 16.9. The van der Waals surface area contributed by atoms with Gasteiger partial charge in [0.2, 0.25) is 0 Å². The molecule has 152 valence electrons. The van der Waals surface area contributed by atoms with Gasteiger partial charge >= 0.3 is 5.91 Å². The SMILES string of the molecule is CCOc1ccc2oc(C(=O)NNC(=O)COc3cc(C)cc(C)c3)c(C)c2c1. The minimum Gasteiger partial charge on any atom is -0.494 e. The molecule has 2 aromatic carbocycles. The Balaban J connectivity index is 1.60. The van der Waals surface area contributed by atoms with Crippen LogP contribution in [-0.2, 0) is 4.79 Å². The van der Waals surface area contributed by atoms with Crippen molar-refractivity contribution < 1.29 is 23.5 Å². The molecule has 3 rings (SSSR count). The van der Waals surface area contributed by atoms with E-state index in [1.165, 1.54) is 0 Å². The highest BCUT2D eigenvalue weighted by Gasteiger charge is 2.18. The summed E-state index contributed by atoms with van der Waals surface area (Å²) in [5.74, 6) is 0.403. The molecule has 0 bridgehead atoms. The van der Waals surface area contributed by atoms with Gasteiger partial charge in [-0.15, -0.1) is 0 Å². The predicted molar refractivity (Wildman–Crippen MR) is 109 cm³/mol. The monoisotopic (exact) mass is 396 g/mol. The Kier molecular flexibility index (Phi) is 6.07. The van der Waals surface area contributed by atoms with Crippen LogP contribution in [0.15, 0.2) is 40.8 Å². The lowest BCUT2D eigenvalue weighted by molar-refractivity contribution is -0.123. The van der Waals surface area contributed by atoms with Gasteiger partial charge in [0.1, 0.15) is 17.1 Å². The summed E-state index contributed by atoms with van der Waals surface area (Å²) in [6.07, 6.45) is 0. The van der Waals surface area contributed by atoms with Gasteiger partial charge in [-0.25, -0.2) is 0 Å². The summed E-state index contributed by atoms with van der Waals surface area (Å²) in [5.41, 5.74) is 8.01. The Morgan fingerprint density at radius 3 is 2.34 bits per heavy atom. The molecule has 0 atom stereocenters. The van der Waals surface area contributed by atoms with E-state index < -0.39 is 11.8 Å². The highest BCUT2D eigenvalue weighted by Crippen LogP contribution is 2.28. The van der Waals surface area contributed by atoms with E-state index >= 15 is 0 Å². The van der Waals surface area contributed by atoms with Crippen LogP contribution in [0.2, 0.25) is 0 Å². The number of fused-ring (bicyclic) bond motifs is 1. The fourth-order valence-electron chi connectivity index (χ4n) is 3.06. The van der Waals surface area contributed by atoms with Crippen molar-refractivity contribution in [2.45, 2.75) is 27.7 Å². The molecule has 0 spiro atoms. The fraction of sp³-hybridized carbons (Fsp3) is 0.273. The van der Waals surface area contributed by atoms with E-state index in [9.17, 15) is 9.59 Å². The second kappa shape index (κ2) is 8.68. The maximum atomic E-state index is 12.4. The molecule has 3 aromatic rings. The van der Waals surface area contributed by atoms with Gasteiger partial charge in [0.15, 0.2) is 12.4 Å². The van der Waals surface area contributed by atoms with Crippen LogP contribution in [0.1, 0.15) is 34.2 Å². The number of ether oxygens (including phenoxy) is 2. The number of amides is 2. The van der Waals surface area contributed by atoms with Crippen LogP contribution in [0.3, 0.4) is 0 Å². The van der Waals surface area contributed by atoms with E-state index in [4.69, 9.17) is 13.9 Å². The molecular weight excluding hydrogens is 372 g/mol. The number of furan rings is 1. The topological polar surface area (TPSA) is 89.8 Å².